The molecular formula is C9H11NO2. The summed E-state index contributed by atoms with van der Waals surface area (Å²) in [6.07, 6.45) is 0. The van der Waals surface area contributed by atoms with Gasteiger partial charge in [-0.25, -0.2) is 0 Å². The lowest BCUT2D eigenvalue weighted by molar-refractivity contribution is 0.341. The molecule has 0 fully saturated rings. The predicted molar refractivity (Wildman–Crippen MR) is 47.8 cm³/mol. The summed E-state index contributed by atoms with van der Waals surface area (Å²) in [5.74, 6) is 0.563. The molecule has 0 radical (unpaired) electrons. The van der Waals surface area contributed by atoms with Crippen LogP contribution in [0, 0.1) is 11.8 Å². The molecule has 0 aromatic heterocycles. The lowest BCUT2D eigenvalue weighted by atomic mass is 10.2. The fourth-order valence-electron chi connectivity index (χ4n) is 1.02. The summed E-state index contributed by atoms with van der Waals surface area (Å²) in [7, 11) is 0. The Balaban J connectivity index is 3.09. The van der Waals surface area contributed by atoms with E-state index in [1.807, 2.05) is 26.0 Å². The van der Waals surface area contributed by atoms with Gasteiger partial charge in [-0.05, 0) is 30.7 Å². The van der Waals surface area contributed by atoms with Gasteiger partial charge < -0.3 is 4.74 Å². The van der Waals surface area contributed by atoms with E-state index >= 15 is 0 Å². The van der Waals surface area contributed by atoms with Crippen molar-refractivity contribution in [3.05, 3.63) is 28.7 Å². The van der Waals surface area contributed by atoms with Gasteiger partial charge in [0.25, 0.3) is 0 Å². The number of aryl methyl sites for hydroxylation is 1. The Morgan fingerprint density at radius 2 is 2.25 bits per heavy atom. The van der Waals surface area contributed by atoms with Crippen molar-refractivity contribution in [2.75, 3.05) is 6.61 Å². The molecule has 0 atom stereocenters. The van der Waals surface area contributed by atoms with Crippen LogP contribution >= 0.6 is 0 Å². The molecule has 64 valence electrons. The maximum absolute atomic E-state index is 10.4. The van der Waals surface area contributed by atoms with Crippen molar-refractivity contribution in [3.8, 4) is 5.75 Å². The van der Waals surface area contributed by atoms with Crippen LogP contribution in [0.3, 0.4) is 0 Å². The van der Waals surface area contributed by atoms with Crippen LogP contribution in [0.2, 0.25) is 0 Å². The van der Waals surface area contributed by atoms with E-state index < -0.39 is 0 Å². The van der Waals surface area contributed by atoms with Crippen LogP contribution in [-0.4, -0.2) is 6.61 Å². The zero-order valence-electron chi connectivity index (χ0n) is 7.20. The number of hydrogen-bond acceptors (Lipinski definition) is 3. The number of ether oxygens (including phenoxy) is 1. The molecule has 3 heteroatoms. The molecule has 0 aliphatic heterocycles. The Morgan fingerprint density at radius 3 is 2.83 bits per heavy atom. The largest absolute Gasteiger partial charge is 0.491 e. The van der Waals surface area contributed by atoms with Gasteiger partial charge in [0.05, 0.1) is 6.61 Å². The third-order valence-electron chi connectivity index (χ3n) is 1.59. The molecule has 0 N–H and O–H groups in total. The van der Waals surface area contributed by atoms with Crippen LogP contribution in [0.25, 0.3) is 0 Å². The highest BCUT2D eigenvalue weighted by molar-refractivity contribution is 5.56. The van der Waals surface area contributed by atoms with Crippen LogP contribution in [0.5, 0.6) is 5.75 Å². The zero-order chi connectivity index (χ0) is 8.97. The van der Waals surface area contributed by atoms with Crippen molar-refractivity contribution in [3.63, 3.8) is 0 Å². The van der Waals surface area contributed by atoms with Crippen molar-refractivity contribution in [1.82, 2.24) is 0 Å². The van der Waals surface area contributed by atoms with Gasteiger partial charge in [-0.1, -0.05) is 12.1 Å². The summed E-state index contributed by atoms with van der Waals surface area (Å²) < 4.78 is 5.21. The van der Waals surface area contributed by atoms with E-state index in [0.717, 1.165) is 5.56 Å². The van der Waals surface area contributed by atoms with E-state index in [4.69, 9.17) is 4.74 Å². The van der Waals surface area contributed by atoms with Gasteiger partial charge in [0.1, 0.15) is 5.75 Å². The van der Waals surface area contributed by atoms with Crippen molar-refractivity contribution >= 4 is 5.69 Å². The lowest BCUT2D eigenvalue weighted by Gasteiger charge is -2.05. The van der Waals surface area contributed by atoms with Crippen LogP contribution in [0.1, 0.15) is 12.5 Å². The van der Waals surface area contributed by atoms with Gasteiger partial charge in [-0.2, -0.15) is 0 Å². The Morgan fingerprint density at radius 1 is 1.50 bits per heavy atom. The molecule has 0 aliphatic rings. The second-order valence-electron chi connectivity index (χ2n) is 2.45. The molecular weight excluding hydrogens is 154 g/mol. The minimum Gasteiger partial charge on any atom is -0.491 e. The molecule has 1 aromatic carbocycles. The summed E-state index contributed by atoms with van der Waals surface area (Å²) in [6, 6.07) is 5.42. The molecule has 0 saturated heterocycles. The van der Waals surface area contributed by atoms with E-state index in [0.29, 0.717) is 18.0 Å². The Labute approximate surface area is 71.3 Å². The highest BCUT2D eigenvalue weighted by atomic mass is 16.5. The smallest absolute Gasteiger partial charge is 0.152 e. The standard InChI is InChI=1S/C9H11NO2/c1-3-12-8-6-4-5-7(2)9(8)10-11/h4-6H,3H2,1-2H3. The molecule has 0 heterocycles. The Kier molecular flexibility index (Phi) is 2.80. The predicted octanol–water partition coefficient (Wildman–Crippen LogP) is 2.79. The second kappa shape index (κ2) is 3.85. The van der Waals surface area contributed by atoms with E-state index in [1.165, 1.54) is 0 Å². The SMILES string of the molecule is CCOc1cccc(C)c1N=O. The van der Waals surface area contributed by atoms with Gasteiger partial charge in [-0.3, -0.25) is 0 Å². The second-order valence-corrected chi connectivity index (χ2v) is 2.45. The molecule has 0 saturated carbocycles. The first-order chi connectivity index (χ1) is 5.79. The molecule has 0 unspecified atom stereocenters. The van der Waals surface area contributed by atoms with E-state index in [2.05, 4.69) is 5.18 Å². The number of nitrogens with zero attached hydrogens (tertiary/aromatic N) is 1. The summed E-state index contributed by atoms with van der Waals surface area (Å²) in [5, 5.41) is 2.91. The number of benzene rings is 1. The topological polar surface area (TPSA) is 38.7 Å². The van der Waals surface area contributed by atoms with Crippen molar-refractivity contribution in [2.45, 2.75) is 13.8 Å². The van der Waals surface area contributed by atoms with Crippen molar-refractivity contribution < 1.29 is 4.74 Å². The van der Waals surface area contributed by atoms with Gasteiger partial charge in [-0.15, -0.1) is 4.91 Å². The first-order valence-electron chi connectivity index (χ1n) is 3.85. The first kappa shape index (κ1) is 8.71. The molecule has 1 rings (SSSR count). The van der Waals surface area contributed by atoms with Crippen molar-refractivity contribution in [1.29, 1.82) is 0 Å². The fourth-order valence-corrected chi connectivity index (χ4v) is 1.02. The average Bonchev–Trinajstić information content (AvgIpc) is 2.05. The lowest BCUT2D eigenvalue weighted by Crippen LogP contribution is -1.92. The van der Waals surface area contributed by atoms with E-state index in [-0.39, 0.29) is 0 Å². The van der Waals surface area contributed by atoms with Gasteiger partial charge in [0.15, 0.2) is 5.69 Å². The maximum atomic E-state index is 10.4. The monoisotopic (exact) mass is 165 g/mol. The summed E-state index contributed by atoms with van der Waals surface area (Å²) in [5.41, 5.74) is 1.25. The first-order valence-corrected chi connectivity index (χ1v) is 3.85. The number of hydrogen-bond donors (Lipinski definition) is 0. The summed E-state index contributed by atoms with van der Waals surface area (Å²) in [4.78, 5) is 10.4. The van der Waals surface area contributed by atoms with Crippen LogP contribution in [0.15, 0.2) is 23.4 Å². The minimum absolute atomic E-state index is 0.402. The van der Waals surface area contributed by atoms with E-state index in [1.54, 1.807) is 6.07 Å². The molecule has 0 spiro atoms. The van der Waals surface area contributed by atoms with Crippen LogP contribution < -0.4 is 4.74 Å². The molecule has 0 aliphatic carbocycles. The Hall–Kier alpha value is -1.38. The van der Waals surface area contributed by atoms with Gasteiger partial charge in [0.2, 0.25) is 0 Å². The highest BCUT2D eigenvalue weighted by Gasteiger charge is 2.05. The van der Waals surface area contributed by atoms with Gasteiger partial charge >= 0.3 is 0 Å². The summed E-state index contributed by atoms with van der Waals surface area (Å²) in [6.45, 7) is 4.25. The van der Waals surface area contributed by atoms with Crippen LogP contribution in [-0.2, 0) is 0 Å². The Bertz CT molecular complexity index is 284. The molecule has 1 aromatic rings. The molecule has 12 heavy (non-hydrogen) atoms. The normalized spacial score (nSPS) is 9.50. The number of nitroso groups, excluding NO2 is 1. The molecule has 0 amide bonds. The minimum atomic E-state index is 0.402. The zero-order valence-corrected chi connectivity index (χ0v) is 7.20. The third kappa shape index (κ3) is 1.61. The quantitative estimate of drug-likeness (QED) is 0.646. The van der Waals surface area contributed by atoms with E-state index in [9.17, 15) is 4.91 Å². The summed E-state index contributed by atoms with van der Waals surface area (Å²) >= 11 is 0. The van der Waals surface area contributed by atoms with Crippen molar-refractivity contribution in [2.24, 2.45) is 5.18 Å². The highest BCUT2D eigenvalue weighted by Crippen LogP contribution is 2.30. The fraction of sp³-hybridized carbons (Fsp3) is 0.333. The molecule has 3 nitrogen and oxygen atoms in total. The molecule has 0 bridgehead atoms. The number of rotatable bonds is 3. The van der Waals surface area contributed by atoms with Crippen LogP contribution in [0.4, 0.5) is 5.69 Å². The average molecular weight is 165 g/mol. The maximum Gasteiger partial charge on any atom is 0.152 e. The van der Waals surface area contributed by atoms with Gasteiger partial charge in [0, 0.05) is 0 Å². The third-order valence-corrected chi connectivity index (χ3v) is 1.59.